The smallest absolute Gasteiger partial charge is 0.216 e. The molecule has 2 aliphatic rings. The van der Waals surface area contributed by atoms with Gasteiger partial charge in [-0.15, -0.1) is 0 Å². The molecular weight excluding hydrogens is 288 g/mol. The first-order valence-corrected chi connectivity index (χ1v) is 8.75. The van der Waals surface area contributed by atoms with E-state index in [-0.39, 0.29) is 17.6 Å². The van der Waals surface area contributed by atoms with Crippen molar-refractivity contribution >= 4 is 5.91 Å². The molecule has 1 N–H and O–H groups in total. The highest BCUT2D eigenvalue weighted by molar-refractivity contribution is 5.72. The Balaban J connectivity index is 1.49. The van der Waals surface area contributed by atoms with Gasteiger partial charge < -0.3 is 10.1 Å². The summed E-state index contributed by atoms with van der Waals surface area (Å²) in [6.07, 6.45) is 4.61. The van der Waals surface area contributed by atoms with Gasteiger partial charge in [-0.25, -0.2) is 0 Å². The van der Waals surface area contributed by atoms with Gasteiger partial charge in [0.1, 0.15) is 0 Å². The molecule has 2 fully saturated rings. The van der Waals surface area contributed by atoms with Crippen molar-refractivity contribution in [1.29, 1.82) is 0 Å². The Morgan fingerprint density at radius 1 is 1.30 bits per heavy atom. The number of amides is 1. The molecule has 1 atom stereocenters. The number of piperidine rings is 1. The molecule has 1 amide bonds. The lowest BCUT2D eigenvalue weighted by molar-refractivity contribution is -0.120. The standard InChI is InChI=1S/C19H28N2O2/c1-15-5-3-4-6-17(15)14-21-11-9-19(10-12-21)8-7-18(23-19)13-20-16(2)22/h3-6,18H,7-14H2,1-2H3,(H,20,22)/t18-/m0/s1. The van der Waals surface area contributed by atoms with Crippen LogP contribution in [0.5, 0.6) is 0 Å². The Labute approximate surface area is 139 Å². The maximum absolute atomic E-state index is 11.0. The van der Waals surface area contributed by atoms with Crippen LogP contribution < -0.4 is 5.32 Å². The zero-order valence-electron chi connectivity index (χ0n) is 14.3. The van der Waals surface area contributed by atoms with Crippen LogP contribution in [-0.2, 0) is 16.1 Å². The molecular formula is C19H28N2O2. The van der Waals surface area contributed by atoms with Gasteiger partial charge in [0.15, 0.2) is 0 Å². The monoisotopic (exact) mass is 316 g/mol. The minimum Gasteiger partial charge on any atom is -0.370 e. The van der Waals surface area contributed by atoms with Gasteiger partial charge in [0, 0.05) is 33.1 Å². The Morgan fingerprint density at radius 2 is 2.04 bits per heavy atom. The highest BCUT2D eigenvalue weighted by Crippen LogP contribution is 2.39. The van der Waals surface area contributed by atoms with Crippen molar-refractivity contribution in [2.75, 3.05) is 19.6 Å². The van der Waals surface area contributed by atoms with E-state index < -0.39 is 0 Å². The summed E-state index contributed by atoms with van der Waals surface area (Å²) in [6.45, 7) is 7.65. The van der Waals surface area contributed by atoms with Gasteiger partial charge in [0.05, 0.1) is 11.7 Å². The van der Waals surface area contributed by atoms with E-state index in [9.17, 15) is 4.79 Å². The Hall–Kier alpha value is -1.39. The van der Waals surface area contributed by atoms with Gasteiger partial charge in [0.2, 0.25) is 5.91 Å². The summed E-state index contributed by atoms with van der Waals surface area (Å²) in [5, 5.41) is 2.88. The van der Waals surface area contributed by atoms with E-state index in [2.05, 4.69) is 41.4 Å². The van der Waals surface area contributed by atoms with Crippen LogP contribution in [0.15, 0.2) is 24.3 Å². The highest BCUT2D eigenvalue weighted by atomic mass is 16.5. The van der Waals surface area contributed by atoms with Crippen molar-refractivity contribution in [2.45, 2.75) is 57.8 Å². The van der Waals surface area contributed by atoms with Crippen LogP contribution in [0.3, 0.4) is 0 Å². The molecule has 0 bridgehead atoms. The molecule has 2 heterocycles. The molecule has 4 nitrogen and oxygen atoms in total. The topological polar surface area (TPSA) is 41.6 Å². The lowest BCUT2D eigenvalue weighted by Gasteiger charge is -2.39. The summed E-state index contributed by atoms with van der Waals surface area (Å²) >= 11 is 0. The third-order valence-electron chi connectivity index (χ3n) is 5.34. The van der Waals surface area contributed by atoms with Crippen molar-refractivity contribution in [3.8, 4) is 0 Å². The molecule has 0 aromatic heterocycles. The Kier molecular flexibility index (Phi) is 5.02. The molecule has 0 aliphatic carbocycles. The van der Waals surface area contributed by atoms with E-state index in [0.717, 1.165) is 45.3 Å². The van der Waals surface area contributed by atoms with Gasteiger partial charge in [0.25, 0.3) is 0 Å². The second kappa shape index (κ2) is 7.02. The maximum Gasteiger partial charge on any atom is 0.216 e. The van der Waals surface area contributed by atoms with Crippen LogP contribution in [0.4, 0.5) is 0 Å². The normalized spacial score (nSPS) is 24.0. The first-order chi connectivity index (χ1) is 11.1. The zero-order valence-corrected chi connectivity index (χ0v) is 14.3. The van der Waals surface area contributed by atoms with Crippen molar-refractivity contribution in [2.24, 2.45) is 0 Å². The fourth-order valence-corrected chi connectivity index (χ4v) is 3.81. The van der Waals surface area contributed by atoms with Crippen molar-refractivity contribution in [3.05, 3.63) is 35.4 Å². The number of aryl methyl sites for hydroxylation is 1. The van der Waals surface area contributed by atoms with Gasteiger partial charge in [-0.05, 0) is 43.7 Å². The average Bonchev–Trinajstić information content (AvgIpc) is 2.93. The molecule has 0 saturated carbocycles. The van der Waals surface area contributed by atoms with E-state index in [0.29, 0.717) is 6.54 Å². The molecule has 1 spiro atoms. The van der Waals surface area contributed by atoms with Crippen LogP contribution in [0.2, 0.25) is 0 Å². The first kappa shape index (κ1) is 16.5. The van der Waals surface area contributed by atoms with Gasteiger partial charge in [-0.2, -0.15) is 0 Å². The number of nitrogens with one attached hydrogen (secondary N) is 1. The summed E-state index contributed by atoms with van der Waals surface area (Å²) in [6, 6.07) is 8.65. The number of likely N-dealkylation sites (tertiary alicyclic amines) is 1. The second-order valence-corrected chi connectivity index (χ2v) is 7.10. The number of carbonyl (C=O) groups excluding carboxylic acids is 1. The molecule has 3 rings (SSSR count). The molecule has 0 unspecified atom stereocenters. The lowest BCUT2D eigenvalue weighted by atomic mass is 9.88. The quantitative estimate of drug-likeness (QED) is 0.928. The summed E-state index contributed by atoms with van der Waals surface area (Å²) in [5.41, 5.74) is 2.87. The van der Waals surface area contributed by atoms with E-state index in [4.69, 9.17) is 4.74 Å². The highest BCUT2D eigenvalue weighted by Gasteiger charge is 2.42. The minimum absolute atomic E-state index is 0.0302. The predicted molar refractivity (Wildman–Crippen MR) is 91.2 cm³/mol. The van der Waals surface area contributed by atoms with Gasteiger partial charge in [-0.3, -0.25) is 9.69 Å². The maximum atomic E-state index is 11.0. The second-order valence-electron chi connectivity index (χ2n) is 7.10. The molecule has 2 aliphatic heterocycles. The number of hydrogen-bond donors (Lipinski definition) is 1. The average molecular weight is 316 g/mol. The molecule has 1 aromatic rings. The summed E-state index contributed by atoms with van der Waals surface area (Å²) < 4.78 is 6.32. The summed E-state index contributed by atoms with van der Waals surface area (Å²) in [4.78, 5) is 13.6. The fourth-order valence-electron chi connectivity index (χ4n) is 3.81. The number of ether oxygens (including phenoxy) is 1. The molecule has 23 heavy (non-hydrogen) atoms. The van der Waals surface area contributed by atoms with E-state index >= 15 is 0 Å². The molecule has 2 saturated heterocycles. The minimum atomic E-state index is 0.0302. The van der Waals surface area contributed by atoms with Gasteiger partial charge in [-0.1, -0.05) is 24.3 Å². The van der Waals surface area contributed by atoms with Crippen LogP contribution in [-0.4, -0.2) is 42.1 Å². The number of carbonyl (C=O) groups is 1. The van der Waals surface area contributed by atoms with Crippen LogP contribution in [0.25, 0.3) is 0 Å². The largest absolute Gasteiger partial charge is 0.370 e. The number of rotatable bonds is 4. The number of nitrogens with zero attached hydrogens (tertiary/aromatic N) is 1. The van der Waals surface area contributed by atoms with Crippen LogP contribution in [0, 0.1) is 6.92 Å². The summed E-state index contributed by atoms with van der Waals surface area (Å²) in [5.74, 6) is 0.0302. The molecule has 4 heteroatoms. The number of hydrogen-bond acceptors (Lipinski definition) is 3. The third kappa shape index (κ3) is 4.12. The van der Waals surface area contributed by atoms with E-state index in [1.54, 1.807) is 6.92 Å². The predicted octanol–water partition coefficient (Wildman–Crippen LogP) is 2.64. The van der Waals surface area contributed by atoms with Crippen LogP contribution in [0.1, 0.15) is 43.7 Å². The molecule has 0 radical (unpaired) electrons. The van der Waals surface area contributed by atoms with Crippen molar-refractivity contribution < 1.29 is 9.53 Å². The Morgan fingerprint density at radius 3 is 2.74 bits per heavy atom. The zero-order chi connectivity index (χ0) is 16.3. The third-order valence-corrected chi connectivity index (χ3v) is 5.34. The van der Waals surface area contributed by atoms with E-state index in [1.165, 1.54) is 11.1 Å². The Bertz CT molecular complexity index is 550. The fraction of sp³-hybridized carbons (Fsp3) is 0.632. The molecule has 126 valence electrons. The van der Waals surface area contributed by atoms with Crippen molar-refractivity contribution in [1.82, 2.24) is 10.2 Å². The SMILES string of the molecule is CC(=O)NC[C@@H]1CCC2(CCN(Cc3ccccc3C)CC2)O1. The van der Waals surface area contributed by atoms with Crippen molar-refractivity contribution in [3.63, 3.8) is 0 Å². The first-order valence-electron chi connectivity index (χ1n) is 8.75. The number of benzene rings is 1. The van der Waals surface area contributed by atoms with Crippen LogP contribution >= 0.6 is 0 Å². The van der Waals surface area contributed by atoms with Gasteiger partial charge >= 0.3 is 0 Å². The van der Waals surface area contributed by atoms with E-state index in [1.807, 2.05) is 0 Å². The molecule has 1 aromatic carbocycles. The lowest BCUT2D eigenvalue weighted by Crippen LogP contribution is -2.44. The summed E-state index contributed by atoms with van der Waals surface area (Å²) in [7, 11) is 0.